The predicted octanol–water partition coefficient (Wildman–Crippen LogP) is 4.42. The molecule has 3 saturated carbocycles. The molecule has 4 aliphatic rings. The van der Waals surface area contributed by atoms with Gasteiger partial charge in [0.1, 0.15) is 11.8 Å². The van der Waals surface area contributed by atoms with Crippen LogP contribution in [-0.2, 0) is 33.3 Å². The quantitative estimate of drug-likeness (QED) is 0.0624. The average molecular weight is 747 g/mol. The summed E-state index contributed by atoms with van der Waals surface area (Å²) < 4.78 is 13.0. The van der Waals surface area contributed by atoms with Crippen molar-refractivity contribution in [3.05, 3.63) is 0 Å². The molecule has 2 amide bonds. The van der Waals surface area contributed by atoms with Gasteiger partial charge in [-0.2, -0.15) is 0 Å². The Morgan fingerprint density at radius 3 is 2.15 bits per heavy atom. The monoisotopic (exact) mass is 747 g/mol. The second kappa shape index (κ2) is 20.7. The lowest BCUT2D eigenvalue weighted by Crippen LogP contribution is -2.65. The lowest BCUT2D eigenvalue weighted by molar-refractivity contribution is -0.199. The number of nitrogens with one attached hydrogen (secondary N) is 2. The summed E-state index contributed by atoms with van der Waals surface area (Å²) in [6.45, 7) is 14.5. The summed E-state index contributed by atoms with van der Waals surface area (Å²) in [6.07, 6.45) is 8.23. The fourth-order valence-corrected chi connectivity index (χ4v) is 8.91. The minimum atomic E-state index is -1.27. The van der Waals surface area contributed by atoms with E-state index in [0.717, 1.165) is 44.9 Å². The third-order valence-corrected chi connectivity index (χ3v) is 12.6. The number of nitrogens with two attached hydrogens (primary N) is 2. The number of ketones is 3. The molecule has 2 bridgehead atoms. The summed E-state index contributed by atoms with van der Waals surface area (Å²) in [4.78, 5) is 66.6. The van der Waals surface area contributed by atoms with Gasteiger partial charge in [-0.1, -0.05) is 60.3 Å². The van der Waals surface area contributed by atoms with Gasteiger partial charge in [0.2, 0.25) is 11.8 Å². The Bertz CT molecular complexity index is 1250. The van der Waals surface area contributed by atoms with Crippen LogP contribution in [0.2, 0.25) is 5.82 Å². The van der Waals surface area contributed by atoms with E-state index in [0.29, 0.717) is 44.1 Å². The highest BCUT2D eigenvalue weighted by Crippen LogP contribution is 2.66. The van der Waals surface area contributed by atoms with Crippen LogP contribution in [0.25, 0.3) is 0 Å². The number of hydrogen-bond acceptors (Lipinski definition) is 10. The molecule has 13 heteroatoms. The van der Waals surface area contributed by atoms with E-state index in [2.05, 4.69) is 38.3 Å². The minimum absolute atomic E-state index is 0.00894. The first-order valence-corrected chi connectivity index (χ1v) is 20.6. The first-order chi connectivity index (χ1) is 25.0. The van der Waals surface area contributed by atoms with Crippen LogP contribution in [-0.4, -0.2) is 84.4 Å². The van der Waals surface area contributed by atoms with Crippen molar-refractivity contribution >= 4 is 36.3 Å². The van der Waals surface area contributed by atoms with Crippen LogP contribution >= 0.6 is 0 Å². The van der Waals surface area contributed by atoms with E-state index >= 15 is 0 Å². The van der Waals surface area contributed by atoms with Crippen molar-refractivity contribution in [2.45, 2.75) is 180 Å². The van der Waals surface area contributed by atoms with Crippen LogP contribution in [0.15, 0.2) is 0 Å². The molecular formula is C40H71BN4O8. The Balaban J connectivity index is 1.57. The second-order valence-corrected chi connectivity index (χ2v) is 17.3. The number of hydrogen-bond donors (Lipinski definition) is 5. The van der Waals surface area contributed by atoms with Gasteiger partial charge in [-0.25, -0.2) is 0 Å². The van der Waals surface area contributed by atoms with E-state index in [-0.39, 0.29) is 66.7 Å². The Hall–Kier alpha value is -2.19. The number of aliphatic hydroxyl groups is 1. The van der Waals surface area contributed by atoms with Crippen molar-refractivity contribution in [3.63, 3.8) is 0 Å². The largest absolute Gasteiger partial charge is 0.461 e. The Labute approximate surface area is 318 Å². The standard InChI is InChI=1S/C40H71BN4O8/c1-8-9-10-11-12-15-30(47)22-28(17-19-43)38(51)45-36(27(4)46)33(49)20-25(2)37(50)44-31(16-13-14-18-42)32(48)21-26(3)41-52-35-24-29-23-34(39(29,5)6)40(35,7)53-41/h25-29,31,34-36,46H,8-24,42-43H2,1-7H3,(H,44,50)(H,45,51)/t25-,26-,27-,28-,29+,31+,34+,35-,36+,40+/m1/s1. The fourth-order valence-electron chi connectivity index (χ4n) is 8.91. The molecule has 4 rings (SSSR count). The molecule has 10 atom stereocenters. The molecule has 0 aromatic carbocycles. The van der Waals surface area contributed by atoms with E-state index in [9.17, 15) is 29.1 Å². The first-order valence-electron chi connectivity index (χ1n) is 20.6. The predicted molar refractivity (Wildman–Crippen MR) is 207 cm³/mol. The number of rotatable bonds is 26. The van der Waals surface area contributed by atoms with Gasteiger partial charge >= 0.3 is 7.12 Å². The van der Waals surface area contributed by atoms with E-state index in [4.69, 9.17) is 20.8 Å². The molecule has 4 fully saturated rings. The number of amides is 2. The SMILES string of the molecule is CCCCCCCC(=O)C[C@@H](CCN)C(=O)N[C@H](C(=O)C[C@@H](C)C(=O)N[C@@H](CCCCN)C(=O)C[C@@H](C)B1O[C@@H]2C[C@@H]3C[C@@H](C3(C)C)[C@]2(C)O1)[C@@H](C)O. The van der Waals surface area contributed by atoms with Crippen LogP contribution in [0.4, 0.5) is 0 Å². The Kier molecular flexibility index (Phi) is 17.6. The summed E-state index contributed by atoms with van der Waals surface area (Å²) in [5.74, 6) is -2.41. The van der Waals surface area contributed by atoms with Crippen molar-refractivity contribution in [3.8, 4) is 0 Å². The summed E-state index contributed by atoms with van der Waals surface area (Å²) in [7, 11) is -0.508. The summed E-state index contributed by atoms with van der Waals surface area (Å²) in [5.41, 5.74) is 11.3. The summed E-state index contributed by atoms with van der Waals surface area (Å²) in [5, 5.41) is 16.0. The Morgan fingerprint density at radius 2 is 1.53 bits per heavy atom. The van der Waals surface area contributed by atoms with Gasteiger partial charge in [-0.3, -0.25) is 24.0 Å². The van der Waals surface area contributed by atoms with Gasteiger partial charge in [0.05, 0.1) is 23.9 Å². The van der Waals surface area contributed by atoms with Crippen molar-refractivity contribution in [1.82, 2.24) is 10.6 Å². The van der Waals surface area contributed by atoms with E-state index in [1.165, 1.54) is 6.92 Å². The van der Waals surface area contributed by atoms with Crippen molar-refractivity contribution in [2.75, 3.05) is 13.1 Å². The smallest absolute Gasteiger partial charge is 0.405 e. The molecule has 1 aliphatic heterocycles. The van der Waals surface area contributed by atoms with Crippen molar-refractivity contribution < 1.29 is 38.4 Å². The fraction of sp³-hybridized carbons (Fsp3) is 0.875. The van der Waals surface area contributed by atoms with E-state index < -0.39 is 54.7 Å². The summed E-state index contributed by atoms with van der Waals surface area (Å²) >= 11 is 0. The zero-order chi connectivity index (χ0) is 39.5. The highest BCUT2D eigenvalue weighted by molar-refractivity contribution is 6.47. The van der Waals surface area contributed by atoms with E-state index in [1.54, 1.807) is 6.92 Å². The average Bonchev–Trinajstić information content (AvgIpc) is 3.47. The molecule has 0 unspecified atom stereocenters. The maximum atomic E-state index is 13.7. The van der Waals surface area contributed by atoms with Crippen LogP contribution < -0.4 is 22.1 Å². The molecule has 1 heterocycles. The molecular weight excluding hydrogens is 675 g/mol. The van der Waals surface area contributed by atoms with Crippen molar-refractivity contribution in [2.24, 2.45) is 40.6 Å². The normalized spacial score (nSPS) is 26.3. The summed E-state index contributed by atoms with van der Waals surface area (Å²) in [6, 6.07) is -2.04. The topological polar surface area (TPSA) is 200 Å². The first kappa shape index (κ1) is 45.2. The highest BCUT2D eigenvalue weighted by atomic mass is 16.7. The molecule has 0 spiro atoms. The van der Waals surface area contributed by atoms with Gasteiger partial charge in [0, 0.05) is 37.5 Å². The molecule has 0 aromatic heterocycles. The molecule has 12 nitrogen and oxygen atoms in total. The molecule has 0 aromatic rings. The lowest BCUT2D eigenvalue weighted by atomic mass is 9.43. The lowest BCUT2D eigenvalue weighted by Gasteiger charge is -2.64. The zero-order valence-corrected chi connectivity index (χ0v) is 33.8. The number of carbonyl (C=O) groups is 5. The van der Waals surface area contributed by atoms with Crippen LogP contribution in [0.1, 0.15) is 145 Å². The number of carbonyl (C=O) groups excluding carboxylic acids is 5. The highest BCUT2D eigenvalue weighted by Gasteiger charge is 2.68. The number of unbranched alkanes of at least 4 members (excludes halogenated alkanes) is 5. The second-order valence-electron chi connectivity index (χ2n) is 17.3. The molecule has 3 aliphatic carbocycles. The molecule has 1 saturated heterocycles. The van der Waals surface area contributed by atoms with Crippen LogP contribution in [0.3, 0.4) is 0 Å². The molecule has 0 radical (unpaired) electrons. The third kappa shape index (κ3) is 11.9. The molecule has 7 N–H and O–H groups in total. The van der Waals surface area contributed by atoms with Gasteiger partial charge in [0.25, 0.3) is 0 Å². The van der Waals surface area contributed by atoms with Crippen LogP contribution in [0, 0.1) is 29.1 Å². The molecule has 302 valence electrons. The molecule has 53 heavy (non-hydrogen) atoms. The van der Waals surface area contributed by atoms with Gasteiger partial charge < -0.3 is 36.5 Å². The number of aliphatic hydroxyl groups excluding tert-OH is 1. The zero-order valence-electron chi connectivity index (χ0n) is 33.8. The van der Waals surface area contributed by atoms with E-state index in [1.807, 2.05) is 6.92 Å². The van der Waals surface area contributed by atoms with Gasteiger partial charge in [-0.15, -0.1) is 0 Å². The van der Waals surface area contributed by atoms with Crippen LogP contribution in [0.5, 0.6) is 0 Å². The van der Waals surface area contributed by atoms with Crippen molar-refractivity contribution in [1.29, 1.82) is 0 Å². The maximum absolute atomic E-state index is 13.7. The third-order valence-electron chi connectivity index (χ3n) is 12.6. The van der Waals surface area contributed by atoms with Gasteiger partial charge in [-0.05, 0) is 95.0 Å². The maximum Gasteiger partial charge on any atom is 0.461 e. The van der Waals surface area contributed by atoms with Gasteiger partial charge in [0.15, 0.2) is 11.6 Å². The number of Topliss-reactive ketones (excluding diaryl/α,β-unsaturated/α-hetero) is 3. The Morgan fingerprint density at radius 1 is 0.830 bits per heavy atom. The minimum Gasteiger partial charge on any atom is -0.405 e.